The van der Waals surface area contributed by atoms with Crippen LogP contribution in [0.5, 0.6) is 0 Å². The Kier molecular flexibility index (Phi) is 5.23. The Labute approximate surface area is 167 Å². The number of thiophene rings is 1. The number of amides is 1. The van der Waals surface area contributed by atoms with Gasteiger partial charge in [-0.15, -0.1) is 11.3 Å². The third kappa shape index (κ3) is 3.69. The molecule has 4 aromatic rings. The number of halogens is 1. The van der Waals surface area contributed by atoms with Gasteiger partial charge in [-0.3, -0.25) is 14.2 Å². The molecule has 140 valence electrons. The molecule has 5 nitrogen and oxygen atoms in total. The van der Waals surface area contributed by atoms with Gasteiger partial charge in [0.25, 0.3) is 5.56 Å². The van der Waals surface area contributed by atoms with Gasteiger partial charge in [0.05, 0.1) is 22.5 Å². The molecule has 0 bridgehead atoms. The van der Waals surface area contributed by atoms with Crippen molar-refractivity contribution in [3.63, 3.8) is 0 Å². The van der Waals surface area contributed by atoms with Crippen LogP contribution in [0.3, 0.4) is 0 Å². The molecule has 1 amide bonds. The van der Waals surface area contributed by atoms with E-state index >= 15 is 0 Å². The second-order valence-corrected chi connectivity index (χ2v) is 7.66. The van der Waals surface area contributed by atoms with Gasteiger partial charge in [-0.05, 0) is 35.7 Å². The fourth-order valence-electron chi connectivity index (χ4n) is 2.68. The van der Waals surface area contributed by atoms with Crippen molar-refractivity contribution in [3.05, 3.63) is 82.2 Å². The van der Waals surface area contributed by atoms with Gasteiger partial charge in [-0.25, -0.2) is 9.37 Å². The van der Waals surface area contributed by atoms with Crippen LogP contribution in [-0.4, -0.2) is 21.2 Å². The number of hydrogen-bond acceptors (Lipinski definition) is 5. The first-order valence-corrected chi connectivity index (χ1v) is 10.2. The van der Waals surface area contributed by atoms with Gasteiger partial charge in [0.1, 0.15) is 10.6 Å². The van der Waals surface area contributed by atoms with E-state index in [4.69, 9.17) is 0 Å². The fraction of sp³-hybridized carbons (Fsp3) is 0.0500. The second kappa shape index (κ2) is 7.95. The normalized spacial score (nSPS) is 10.9. The van der Waals surface area contributed by atoms with E-state index in [0.29, 0.717) is 21.1 Å². The molecular weight excluding hydrogens is 397 g/mol. The predicted octanol–water partition coefficient (Wildman–Crippen LogP) is 4.32. The largest absolute Gasteiger partial charge is 0.323 e. The maximum atomic E-state index is 13.7. The van der Waals surface area contributed by atoms with Crippen molar-refractivity contribution in [2.24, 2.45) is 0 Å². The molecule has 0 fully saturated rings. The van der Waals surface area contributed by atoms with Crippen LogP contribution in [0.25, 0.3) is 15.9 Å². The lowest BCUT2D eigenvalue weighted by atomic mass is 10.3. The van der Waals surface area contributed by atoms with Crippen LogP contribution < -0.4 is 10.9 Å². The average molecular weight is 411 g/mol. The average Bonchev–Trinajstić information content (AvgIpc) is 3.18. The van der Waals surface area contributed by atoms with E-state index in [1.807, 2.05) is 35.7 Å². The summed E-state index contributed by atoms with van der Waals surface area (Å²) in [6.45, 7) is 0. The number of rotatable bonds is 5. The highest BCUT2D eigenvalue weighted by molar-refractivity contribution is 7.99. The summed E-state index contributed by atoms with van der Waals surface area (Å²) in [4.78, 5) is 30.4. The van der Waals surface area contributed by atoms with E-state index in [9.17, 15) is 14.0 Å². The maximum absolute atomic E-state index is 13.7. The molecule has 2 aromatic carbocycles. The molecule has 0 saturated carbocycles. The topological polar surface area (TPSA) is 64.0 Å². The zero-order chi connectivity index (χ0) is 19.5. The minimum atomic E-state index is -0.500. The lowest BCUT2D eigenvalue weighted by Gasteiger charge is -2.12. The molecule has 1 N–H and O–H groups in total. The number of nitrogens with one attached hydrogen (secondary N) is 1. The first-order valence-electron chi connectivity index (χ1n) is 8.36. The number of para-hydroxylation sites is 2. The summed E-state index contributed by atoms with van der Waals surface area (Å²) in [5.41, 5.74) is 0.606. The van der Waals surface area contributed by atoms with Crippen LogP contribution >= 0.6 is 23.1 Å². The van der Waals surface area contributed by atoms with Crippen molar-refractivity contribution in [1.29, 1.82) is 0 Å². The molecule has 2 aromatic heterocycles. The van der Waals surface area contributed by atoms with Crippen LogP contribution in [0, 0.1) is 5.82 Å². The Balaban J connectivity index is 1.64. The third-order valence-electron chi connectivity index (χ3n) is 3.96. The number of carbonyl (C=O) groups is 1. The van der Waals surface area contributed by atoms with Crippen LogP contribution in [0.15, 0.2) is 76.0 Å². The summed E-state index contributed by atoms with van der Waals surface area (Å²) in [5.74, 6) is -0.889. The molecule has 0 aliphatic heterocycles. The van der Waals surface area contributed by atoms with E-state index in [1.54, 1.807) is 18.2 Å². The molecule has 0 aliphatic rings. The summed E-state index contributed by atoms with van der Waals surface area (Å²) < 4.78 is 15.2. The lowest BCUT2D eigenvalue weighted by molar-refractivity contribution is -0.113. The summed E-state index contributed by atoms with van der Waals surface area (Å²) in [5, 5.41) is 5.30. The van der Waals surface area contributed by atoms with E-state index in [1.165, 1.54) is 28.0 Å². The molecule has 0 saturated heterocycles. The molecule has 0 spiro atoms. The SMILES string of the molecule is O=C(CSc1nc2sccc2c(=O)n1-c1ccccc1)Nc1ccccc1F. The maximum Gasteiger partial charge on any atom is 0.267 e. The molecule has 4 rings (SSSR count). The van der Waals surface area contributed by atoms with Crippen LogP contribution in [0.4, 0.5) is 10.1 Å². The number of nitrogens with zero attached hydrogens (tertiary/aromatic N) is 2. The Morgan fingerprint density at radius 1 is 1.11 bits per heavy atom. The van der Waals surface area contributed by atoms with Gasteiger partial charge < -0.3 is 5.32 Å². The smallest absolute Gasteiger partial charge is 0.267 e. The van der Waals surface area contributed by atoms with Crippen LogP contribution in [0.1, 0.15) is 0 Å². The number of hydrogen-bond donors (Lipinski definition) is 1. The van der Waals surface area contributed by atoms with E-state index in [0.717, 1.165) is 11.8 Å². The van der Waals surface area contributed by atoms with E-state index < -0.39 is 5.82 Å². The number of carbonyl (C=O) groups excluding carboxylic acids is 1. The van der Waals surface area contributed by atoms with Crippen LogP contribution in [-0.2, 0) is 4.79 Å². The Morgan fingerprint density at radius 2 is 1.86 bits per heavy atom. The monoisotopic (exact) mass is 411 g/mol. The highest BCUT2D eigenvalue weighted by Gasteiger charge is 2.16. The van der Waals surface area contributed by atoms with Crippen molar-refractivity contribution >= 4 is 44.9 Å². The Hall–Kier alpha value is -2.97. The number of thioether (sulfide) groups is 1. The quantitative estimate of drug-likeness (QED) is 0.392. The molecule has 8 heteroatoms. The fourth-order valence-corrected chi connectivity index (χ4v) is 4.29. The zero-order valence-corrected chi connectivity index (χ0v) is 16.1. The van der Waals surface area contributed by atoms with Crippen molar-refractivity contribution in [1.82, 2.24) is 9.55 Å². The first-order chi connectivity index (χ1) is 13.6. The minimum absolute atomic E-state index is 0.00943. The summed E-state index contributed by atoms with van der Waals surface area (Å²) in [6.07, 6.45) is 0. The molecule has 28 heavy (non-hydrogen) atoms. The number of anilines is 1. The van der Waals surface area contributed by atoms with E-state index in [-0.39, 0.29) is 22.9 Å². The summed E-state index contributed by atoms with van der Waals surface area (Å²) in [7, 11) is 0. The molecule has 0 unspecified atom stereocenters. The zero-order valence-electron chi connectivity index (χ0n) is 14.5. The highest BCUT2D eigenvalue weighted by atomic mass is 32.2. The lowest BCUT2D eigenvalue weighted by Crippen LogP contribution is -2.22. The molecule has 0 aliphatic carbocycles. The second-order valence-electron chi connectivity index (χ2n) is 5.83. The molecule has 0 atom stereocenters. The van der Waals surface area contributed by atoms with Gasteiger partial charge in [0, 0.05) is 0 Å². The van der Waals surface area contributed by atoms with Crippen LogP contribution in [0.2, 0.25) is 0 Å². The predicted molar refractivity (Wildman–Crippen MR) is 111 cm³/mol. The van der Waals surface area contributed by atoms with Gasteiger partial charge in [-0.2, -0.15) is 0 Å². The standard InChI is InChI=1S/C20H14FN3O2S2/c21-15-8-4-5-9-16(15)22-17(25)12-28-20-23-18-14(10-11-27-18)19(26)24(20)13-6-2-1-3-7-13/h1-11H,12H2,(H,22,25). The van der Waals surface area contributed by atoms with E-state index in [2.05, 4.69) is 10.3 Å². The van der Waals surface area contributed by atoms with Gasteiger partial charge in [0.2, 0.25) is 5.91 Å². The first kappa shape index (κ1) is 18.4. The minimum Gasteiger partial charge on any atom is -0.323 e. The van der Waals surface area contributed by atoms with Crippen molar-refractivity contribution < 1.29 is 9.18 Å². The van der Waals surface area contributed by atoms with Crippen molar-refractivity contribution in [3.8, 4) is 5.69 Å². The number of fused-ring (bicyclic) bond motifs is 1. The highest BCUT2D eigenvalue weighted by Crippen LogP contribution is 2.24. The third-order valence-corrected chi connectivity index (χ3v) is 5.71. The van der Waals surface area contributed by atoms with Gasteiger partial charge in [0.15, 0.2) is 5.16 Å². The molecule has 0 radical (unpaired) electrons. The molecular formula is C20H14FN3O2S2. The molecule has 2 heterocycles. The Bertz CT molecular complexity index is 1210. The van der Waals surface area contributed by atoms with Gasteiger partial charge >= 0.3 is 0 Å². The van der Waals surface area contributed by atoms with Gasteiger partial charge in [-0.1, -0.05) is 42.1 Å². The van der Waals surface area contributed by atoms with Crippen molar-refractivity contribution in [2.45, 2.75) is 5.16 Å². The van der Waals surface area contributed by atoms with Crippen molar-refractivity contribution in [2.75, 3.05) is 11.1 Å². The Morgan fingerprint density at radius 3 is 2.64 bits per heavy atom. The number of benzene rings is 2. The summed E-state index contributed by atoms with van der Waals surface area (Å²) >= 11 is 2.50. The number of aromatic nitrogens is 2. The summed E-state index contributed by atoms with van der Waals surface area (Å²) in [6, 6.07) is 16.9.